The summed E-state index contributed by atoms with van der Waals surface area (Å²) in [5.41, 5.74) is 5.08. The molecule has 0 unspecified atom stereocenters. The van der Waals surface area contributed by atoms with E-state index in [9.17, 15) is 0 Å². The van der Waals surface area contributed by atoms with Gasteiger partial charge >= 0.3 is 0 Å². The van der Waals surface area contributed by atoms with Gasteiger partial charge in [0.25, 0.3) is 0 Å². The highest BCUT2D eigenvalue weighted by Gasteiger charge is 2.11. The van der Waals surface area contributed by atoms with Crippen LogP contribution in [0.25, 0.3) is 11.1 Å². The Balaban J connectivity index is 2.71. The first-order valence-corrected chi connectivity index (χ1v) is 3.76. The van der Waals surface area contributed by atoms with Gasteiger partial charge < -0.3 is 0 Å². The number of hydrogen-bond donors (Lipinski definition) is 0. The molecule has 0 aromatic heterocycles. The van der Waals surface area contributed by atoms with Crippen LogP contribution in [0.2, 0.25) is 0 Å². The van der Waals surface area contributed by atoms with Crippen LogP contribution >= 0.6 is 0 Å². The highest BCUT2D eigenvalue weighted by molar-refractivity contribution is 5.93. The summed E-state index contributed by atoms with van der Waals surface area (Å²) in [6.45, 7) is 6.09. The fourth-order valence-corrected chi connectivity index (χ4v) is 1.52. The molecular weight excluding hydrogens is 132 g/mol. The van der Waals surface area contributed by atoms with Crippen LogP contribution in [-0.4, -0.2) is 0 Å². The van der Waals surface area contributed by atoms with E-state index < -0.39 is 0 Å². The van der Waals surface area contributed by atoms with E-state index in [1.807, 2.05) is 0 Å². The van der Waals surface area contributed by atoms with Gasteiger partial charge in [-0.25, -0.2) is 0 Å². The molecule has 0 N–H and O–H groups in total. The average Bonchev–Trinajstić information content (AvgIpc) is 2.30. The molecule has 11 heavy (non-hydrogen) atoms. The van der Waals surface area contributed by atoms with Crippen LogP contribution in [-0.2, 0) is 0 Å². The van der Waals surface area contributed by atoms with Gasteiger partial charge in [-0.05, 0) is 29.2 Å². The third kappa shape index (κ3) is 0.829. The molecule has 2 rings (SSSR count). The Labute approximate surface area is 66.9 Å². The Morgan fingerprint density at radius 1 is 1.09 bits per heavy atom. The lowest BCUT2D eigenvalue weighted by molar-refractivity contribution is 1.57. The number of allylic oxidation sites excluding steroid dienone is 3. The maximum Gasteiger partial charge on any atom is -0.0115 e. The molecule has 0 amide bonds. The summed E-state index contributed by atoms with van der Waals surface area (Å²) in [5.74, 6) is 0. The first kappa shape index (κ1) is 6.41. The van der Waals surface area contributed by atoms with Crippen molar-refractivity contribution in [3.8, 4) is 0 Å². The van der Waals surface area contributed by atoms with Gasteiger partial charge in [-0.1, -0.05) is 36.9 Å². The van der Waals surface area contributed by atoms with Gasteiger partial charge in [0.05, 0.1) is 0 Å². The molecule has 0 aliphatic heterocycles. The molecule has 0 atom stereocenters. The molecule has 0 saturated carbocycles. The Bertz CT molecular complexity index is 343. The van der Waals surface area contributed by atoms with Gasteiger partial charge in [0.15, 0.2) is 0 Å². The van der Waals surface area contributed by atoms with Gasteiger partial charge in [-0.2, -0.15) is 0 Å². The largest absolute Gasteiger partial charge is 0.0911 e. The summed E-state index contributed by atoms with van der Waals surface area (Å²) in [6, 6.07) is 8.37. The van der Waals surface area contributed by atoms with Crippen LogP contribution in [0.1, 0.15) is 18.1 Å². The molecule has 0 saturated heterocycles. The molecule has 0 spiro atoms. The van der Waals surface area contributed by atoms with Crippen LogP contribution in [0.4, 0.5) is 0 Å². The molecule has 0 heterocycles. The van der Waals surface area contributed by atoms with Crippen molar-refractivity contribution in [2.75, 3.05) is 0 Å². The zero-order valence-corrected chi connectivity index (χ0v) is 6.59. The summed E-state index contributed by atoms with van der Waals surface area (Å²) in [7, 11) is 0. The van der Waals surface area contributed by atoms with Crippen molar-refractivity contribution in [3.63, 3.8) is 0 Å². The number of rotatable bonds is 0. The van der Waals surface area contributed by atoms with Crippen LogP contribution in [0, 0.1) is 0 Å². The van der Waals surface area contributed by atoms with Crippen molar-refractivity contribution in [1.29, 1.82) is 0 Å². The van der Waals surface area contributed by atoms with E-state index in [0.29, 0.717) is 0 Å². The minimum absolute atomic E-state index is 1.14. The molecule has 0 heteroatoms. The lowest BCUT2D eigenvalue weighted by atomic mass is 10.1. The predicted molar refractivity (Wildman–Crippen MR) is 49.1 cm³/mol. The van der Waals surface area contributed by atoms with Gasteiger partial charge in [0.2, 0.25) is 0 Å². The van der Waals surface area contributed by atoms with Crippen LogP contribution in [0.15, 0.2) is 36.9 Å². The maximum atomic E-state index is 3.97. The normalized spacial score (nSPS) is 14.6. The van der Waals surface area contributed by atoms with E-state index in [4.69, 9.17) is 0 Å². The summed E-state index contributed by atoms with van der Waals surface area (Å²) in [6.07, 6.45) is 2.13. The third-order valence-corrected chi connectivity index (χ3v) is 2.09. The highest BCUT2D eigenvalue weighted by Crippen LogP contribution is 2.32. The van der Waals surface area contributed by atoms with Crippen molar-refractivity contribution >= 4 is 11.1 Å². The van der Waals surface area contributed by atoms with E-state index in [0.717, 1.165) is 5.57 Å². The molecule has 54 valence electrons. The quantitative estimate of drug-likeness (QED) is 0.522. The molecule has 0 fully saturated rings. The van der Waals surface area contributed by atoms with Crippen LogP contribution in [0.5, 0.6) is 0 Å². The molecule has 1 aromatic rings. The number of hydrogen-bond acceptors (Lipinski definition) is 0. The maximum absolute atomic E-state index is 3.97. The second-order valence-corrected chi connectivity index (χ2v) is 2.90. The summed E-state index contributed by atoms with van der Waals surface area (Å²) in [5, 5.41) is 0. The minimum atomic E-state index is 1.14. The second-order valence-electron chi connectivity index (χ2n) is 2.90. The molecule has 0 bridgehead atoms. The molecule has 1 aliphatic carbocycles. The Hall–Kier alpha value is -1.30. The molecule has 0 radical (unpaired) electrons. The first-order valence-electron chi connectivity index (χ1n) is 3.76. The van der Waals surface area contributed by atoms with E-state index in [2.05, 4.69) is 43.8 Å². The second kappa shape index (κ2) is 2.09. The van der Waals surface area contributed by atoms with Crippen molar-refractivity contribution in [3.05, 3.63) is 48.0 Å². The van der Waals surface area contributed by atoms with E-state index in [1.54, 1.807) is 0 Å². The number of fused-ring (bicyclic) bond motifs is 1. The Kier molecular flexibility index (Phi) is 1.22. The van der Waals surface area contributed by atoms with Crippen molar-refractivity contribution in [2.45, 2.75) is 6.92 Å². The molecular formula is C11H10. The molecule has 1 aromatic carbocycles. The van der Waals surface area contributed by atoms with Gasteiger partial charge in [-0.3, -0.25) is 0 Å². The average molecular weight is 142 g/mol. The van der Waals surface area contributed by atoms with Crippen molar-refractivity contribution in [2.24, 2.45) is 0 Å². The van der Waals surface area contributed by atoms with Crippen LogP contribution in [0.3, 0.4) is 0 Å². The minimum Gasteiger partial charge on any atom is -0.0911 e. The lowest BCUT2D eigenvalue weighted by Crippen LogP contribution is -1.78. The smallest absolute Gasteiger partial charge is 0.0115 e. The molecule has 0 nitrogen and oxygen atoms in total. The first-order chi connectivity index (χ1) is 5.29. The predicted octanol–water partition coefficient (Wildman–Crippen LogP) is 3.12. The van der Waals surface area contributed by atoms with Gasteiger partial charge in [-0.15, -0.1) is 0 Å². The fourth-order valence-electron chi connectivity index (χ4n) is 1.52. The van der Waals surface area contributed by atoms with E-state index >= 15 is 0 Å². The fraction of sp³-hybridized carbons (Fsp3) is 0.0909. The topological polar surface area (TPSA) is 0 Å². The number of benzene rings is 1. The summed E-state index contributed by atoms with van der Waals surface area (Å²) < 4.78 is 0. The van der Waals surface area contributed by atoms with Crippen molar-refractivity contribution in [1.82, 2.24) is 0 Å². The van der Waals surface area contributed by atoms with Crippen molar-refractivity contribution < 1.29 is 0 Å². The van der Waals surface area contributed by atoms with Crippen LogP contribution < -0.4 is 0 Å². The zero-order valence-electron chi connectivity index (χ0n) is 6.59. The SMILES string of the molecule is C=C1C=C(C)c2ccccc21. The van der Waals surface area contributed by atoms with Gasteiger partial charge in [0.1, 0.15) is 0 Å². The monoisotopic (exact) mass is 142 g/mol. The zero-order chi connectivity index (χ0) is 7.84. The molecule has 1 aliphatic rings. The Morgan fingerprint density at radius 2 is 1.73 bits per heavy atom. The highest BCUT2D eigenvalue weighted by atomic mass is 14.2. The summed E-state index contributed by atoms with van der Waals surface area (Å²) in [4.78, 5) is 0. The standard InChI is InChI=1S/C11H10/c1-8-7-9(2)11-6-4-3-5-10(8)11/h3-7H,1H2,2H3. The lowest BCUT2D eigenvalue weighted by Gasteiger charge is -1.98. The Morgan fingerprint density at radius 3 is 2.36 bits per heavy atom. The van der Waals surface area contributed by atoms with Gasteiger partial charge in [0, 0.05) is 0 Å². The summed E-state index contributed by atoms with van der Waals surface area (Å²) >= 11 is 0. The van der Waals surface area contributed by atoms with E-state index in [1.165, 1.54) is 16.7 Å². The van der Waals surface area contributed by atoms with E-state index in [-0.39, 0.29) is 0 Å². The third-order valence-electron chi connectivity index (χ3n) is 2.09.